The highest BCUT2D eigenvalue weighted by molar-refractivity contribution is 7.90. The molecule has 10 heteroatoms. The van der Waals surface area contributed by atoms with Crippen molar-refractivity contribution in [3.8, 4) is 11.4 Å². The predicted molar refractivity (Wildman–Crippen MR) is 88.3 cm³/mol. The minimum Gasteiger partial charge on any atom is -0.591 e. The van der Waals surface area contributed by atoms with Crippen LogP contribution in [0.2, 0.25) is 0 Å². The second kappa shape index (κ2) is 8.04. The van der Waals surface area contributed by atoms with Gasteiger partial charge in [0.05, 0.1) is 11.4 Å². The molecule has 0 bridgehead atoms. The Labute approximate surface area is 144 Å². The average molecular weight is 376 g/mol. The maximum absolute atomic E-state index is 12.7. The van der Waals surface area contributed by atoms with E-state index in [9.17, 15) is 17.7 Å². The fourth-order valence-electron chi connectivity index (χ4n) is 1.72. The van der Waals surface area contributed by atoms with Crippen molar-refractivity contribution in [2.24, 2.45) is 4.40 Å². The topological polar surface area (TPSA) is 74.1 Å². The summed E-state index contributed by atoms with van der Waals surface area (Å²) in [4.78, 5) is 7.49. The Morgan fingerprint density at radius 1 is 1.42 bits per heavy atom. The van der Waals surface area contributed by atoms with Gasteiger partial charge in [-0.2, -0.15) is 17.5 Å². The van der Waals surface area contributed by atoms with Crippen LogP contribution in [0, 0.1) is 0 Å². The van der Waals surface area contributed by atoms with Crippen LogP contribution in [0.5, 0.6) is 0 Å². The molecule has 0 amide bonds. The number of pyridine rings is 1. The third-order valence-corrected chi connectivity index (χ3v) is 4.89. The van der Waals surface area contributed by atoms with E-state index in [0.29, 0.717) is 16.5 Å². The van der Waals surface area contributed by atoms with Crippen molar-refractivity contribution in [1.29, 1.82) is 0 Å². The van der Waals surface area contributed by atoms with E-state index in [-0.39, 0.29) is 11.4 Å². The Kier molecular flexibility index (Phi) is 6.30. The Balaban J connectivity index is 2.20. The molecule has 0 aromatic carbocycles. The van der Waals surface area contributed by atoms with Gasteiger partial charge < -0.3 is 4.55 Å². The number of hydrogen-bond donors (Lipinski definition) is 0. The zero-order valence-corrected chi connectivity index (χ0v) is 14.6. The van der Waals surface area contributed by atoms with Crippen LogP contribution in [0.1, 0.15) is 37.4 Å². The summed E-state index contributed by atoms with van der Waals surface area (Å²) in [6, 6.07) is 2.31. The predicted octanol–water partition coefficient (Wildman–Crippen LogP) is 3.89. The molecule has 0 aliphatic carbocycles. The van der Waals surface area contributed by atoms with Crippen molar-refractivity contribution < 1.29 is 17.7 Å². The lowest BCUT2D eigenvalue weighted by Gasteiger charge is -2.05. The Morgan fingerprint density at radius 3 is 2.83 bits per heavy atom. The molecular weight excluding hydrogens is 361 g/mol. The van der Waals surface area contributed by atoms with E-state index in [0.717, 1.165) is 36.6 Å². The molecule has 2 aromatic heterocycles. The molecule has 0 N–H and O–H groups in total. The minimum atomic E-state index is -4.53. The first-order valence-electron chi connectivity index (χ1n) is 7.12. The van der Waals surface area contributed by atoms with Gasteiger partial charge in [0.1, 0.15) is 17.2 Å². The number of unbranched alkanes of at least 4 members (excludes halogenated alkanes) is 1. The first kappa shape index (κ1) is 18.8. The van der Waals surface area contributed by atoms with Crippen molar-refractivity contribution in [2.75, 3.05) is 5.75 Å². The van der Waals surface area contributed by atoms with Crippen LogP contribution < -0.4 is 0 Å². The van der Waals surface area contributed by atoms with Gasteiger partial charge in [0, 0.05) is 11.8 Å². The van der Waals surface area contributed by atoms with E-state index in [1.54, 1.807) is 6.92 Å². The number of aromatic nitrogens is 3. The van der Waals surface area contributed by atoms with Gasteiger partial charge in [-0.1, -0.05) is 17.7 Å². The van der Waals surface area contributed by atoms with E-state index < -0.39 is 23.2 Å². The first-order valence-corrected chi connectivity index (χ1v) is 9.17. The molecule has 0 aliphatic heterocycles. The van der Waals surface area contributed by atoms with Crippen LogP contribution in [0.15, 0.2) is 22.7 Å². The minimum absolute atomic E-state index is 0.164. The zero-order valence-electron chi connectivity index (χ0n) is 13.0. The third kappa shape index (κ3) is 4.99. The second-order valence-corrected chi connectivity index (χ2v) is 6.89. The molecule has 130 valence electrons. The van der Waals surface area contributed by atoms with E-state index in [4.69, 9.17) is 0 Å². The monoisotopic (exact) mass is 376 g/mol. The first-order chi connectivity index (χ1) is 11.3. The standard InChI is InChI=1S/C14H15F3N4OS2/c1-3-4-7-24(22)21-9(2)13-19-12(20-23-13)10-5-6-18-11(8-10)14(15,16)17/h5-6,8H,3-4,7H2,1-2H3/b21-9+/t24-/m0/s1. The summed E-state index contributed by atoms with van der Waals surface area (Å²) in [5.41, 5.74) is -0.319. The largest absolute Gasteiger partial charge is 0.591 e. The average Bonchev–Trinajstić information content (AvgIpc) is 3.02. The molecule has 2 heterocycles. The van der Waals surface area contributed by atoms with Crippen LogP contribution in [-0.2, 0) is 17.5 Å². The molecule has 0 fully saturated rings. The SMILES string of the molecule is CCCC[S@+]([O-])/N=C(\C)c1nc(-c2ccnc(C(F)(F)F)c2)ns1. The summed E-state index contributed by atoms with van der Waals surface area (Å²) in [6.45, 7) is 3.65. The molecule has 0 spiro atoms. The molecule has 24 heavy (non-hydrogen) atoms. The van der Waals surface area contributed by atoms with Crippen molar-refractivity contribution in [3.63, 3.8) is 0 Å². The number of alkyl halides is 3. The Hall–Kier alpha value is -1.52. The summed E-state index contributed by atoms with van der Waals surface area (Å²) in [6.07, 6.45) is -1.73. The molecule has 0 radical (unpaired) electrons. The lowest BCUT2D eigenvalue weighted by Crippen LogP contribution is -2.07. The van der Waals surface area contributed by atoms with E-state index >= 15 is 0 Å². The molecule has 0 saturated heterocycles. The van der Waals surface area contributed by atoms with E-state index in [1.165, 1.54) is 6.07 Å². The van der Waals surface area contributed by atoms with Crippen LogP contribution in [0.4, 0.5) is 13.2 Å². The summed E-state index contributed by atoms with van der Waals surface area (Å²) in [5.74, 6) is 0.635. The second-order valence-electron chi connectivity index (χ2n) is 4.91. The summed E-state index contributed by atoms with van der Waals surface area (Å²) in [5, 5.41) is 0.431. The van der Waals surface area contributed by atoms with Gasteiger partial charge in [-0.3, -0.25) is 4.98 Å². The van der Waals surface area contributed by atoms with Gasteiger partial charge in [-0.05, 0) is 37.0 Å². The van der Waals surface area contributed by atoms with Crippen molar-refractivity contribution in [2.45, 2.75) is 32.9 Å². The van der Waals surface area contributed by atoms with Crippen molar-refractivity contribution >= 4 is 28.6 Å². The normalized spacial score (nSPS) is 14.0. The summed E-state index contributed by atoms with van der Waals surface area (Å²) < 4.78 is 58.0. The number of nitrogens with zero attached hydrogens (tertiary/aromatic N) is 4. The smallest absolute Gasteiger partial charge is 0.433 e. The van der Waals surface area contributed by atoms with Gasteiger partial charge >= 0.3 is 6.18 Å². The van der Waals surface area contributed by atoms with Crippen LogP contribution in [-0.4, -0.2) is 30.4 Å². The Bertz CT molecular complexity index is 718. The molecule has 5 nitrogen and oxygen atoms in total. The van der Waals surface area contributed by atoms with Gasteiger partial charge in [0.25, 0.3) is 0 Å². The number of rotatable bonds is 6. The lowest BCUT2D eigenvalue weighted by molar-refractivity contribution is -0.141. The molecule has 1 atom stereocenters. The van der Waals surface area contributed by atoms with Gasteiger partial charge in [-0.25, -0.2) is 4.98 Å². The van der Waals surface area contributed by atoms with Gasteiger partial charge in [-0.15, -0.1) is 0 Å². The summed E-state index contributed by atoms with van der Waals surface area (Å²) >= 11 is -0.329. The fraction of sp³-hybridized carbons (Fsp3) is 0.429. The zero-order chi connectivity index (χ0) is 17.7. The highest BCUT2D eigenvalue weighted by Crippen LogP contribution is 2.30. The highest BCUT2D eigenvalue weighted by atomic mass is 32.2. The van der Waals surface area contributed by atoms with Crippen LogP contribution in [0.3, 0.4) is 0 Å². The van der Waals surface area contributed by atoms with Crippen LogP contribution in [0.25, 0.3) is 11.4 Å². The van der Waals surface area contributed by atoms with E-state index in [1.807, 2.05) is 6.92 Å². The maximum Gasteiger partial charge on any atom is 0.433 e. The molecule has 2 rings (SSSR count). The molecule has 2 aromatic rings. The maximum atomic E-state index is 12.7. The van der Waals surface area contributed by atoms with Gasteiger partial charge in [0.15, 0.2) is 10.8 Å². The lowest BCUT2D eigenvalue weighted by atomic mass is 10.2. The van der Waals surface area contributed by atoms with Gasteiger partial charge in [0.2, 0.25) is 0 Å². The Morgan fingerprint density at radius 2 is 2.17 bits per heavy atom. The number of hydrogen-bond acceptors (Lipinski definition) is 6. The number of halogens is 3. The highest BCUT2D eigenvalue weighted by Gasteiger charge is 2.32. The van der Waals surface area contributed by atoms with Crippen LogP contribution >= 0.6 is 11.5 Å². The fourth-order valence-corrected chi connectivity index (χ4v) is 3.42. The third-order valence-electron chi connectivity index (χ3n) is 2.96. The van der Waals surface area contributed by atoms with Crippen molar-refractivity contribution in [1.82, 2.24) is 14.3 Å². The summed E-state index contributed by atoms with van der Waals surface area (Å²) in [7, 11) is 0. The molecule has 0 saturated carbocycles. The van der Waals surface area contributed by atoms with E-state index in [2.05, 4.69) is 18.7 Å². The molecular formula is C14H15F3N4OS2. The van der Waals surface area contributed by atoms with Crippen molar-refractivity contribution in [3.05, 3.63) is 29.0 Å². The molecule has 0 aliphatic rings. The molecule has 0 unspecified atom stereocenters. The quantitative estimate of drug-likeness (QED) is 0.566.